The highest BCUT2D eigenvalue weighted by molar-refractivity contribution is 9.10. The minimum Gasteiger partial charge on any atom is -0.381 e. The van der Waals surface area contributed by atoms with Gasteiger partial charge >= 0.3 is 0 Å². The number of hydrogen-bond donors (Lipinski definition) is 3. The lowest BCUT2D eigenvalue weighted by molar-refractivity contribution is -0.117. The van der Waals surface area contributed by atoms with E-state index in [-0.39, 0.29) is 29.9 Å². The summed E-state index contributed by atoms with van der Waals surface area (Å²) in [6.45, 7) is 1.22. The fourth-order valence-electron chi connectivity index (χ4n) is 3.69. The largest absolute Gasteiger partial charge is 0.381 e. The maximum Gasteiger partial charge on any atom is 0.272 e. The molecular weight excluding hydrogens is 513 g/mol. The van der Waals surface area contributed by atoms with Gasteiger partial charge in [0.25, 0.3) is 11.8 Å². The van der Waals surface area contributed by atoms with Crippen LogP contribution in [0.2, 0.25) is 0 Å². The molecule has 1 aliphatic rings. The van der Waals surface area contributed by atoms with Gasteiger partial charge in [-0.2, -0.15) is 0 Å². The van der Waals surface area contributed by atoms with Crippen LogP contribution in [0.15, 0.2) is 71.0 Å². The number of fused-ring (bicyclic) bond motifs is 1. The summed E-state index contributed by atoms with van der Waals surface area (Å²) in [5.41, 5.74) is 2.79. The van der Waals surface area contributed by atoms with Crippen LogP contribution in [0.3, 0.4) is 0 Å². The fourth-order valence-corrected chi connectivity index (χ4v) is 4.18. The van der Waals surface area contributed by atoms with Crippen molar-refractivity contribution in [3.63, 3.8) is 0 Å². The molecule has 0 spiro atoms. The predicted octanol–water partition coefficient (Wildman–Crippen LogP) is 4.66. The second kappa shape index (κ2) is 11.7. The Morgan fingerprint density at radius 3 is 2.63 bits per heavy atom. The van der Waals surface area contributed by atoms with Crippen molar-refractivity contribution < 1.29 is 14.0 Å². The van der Waals surface area contributed by atoms with Crippen LogP contribution in [0.25, 0.3) is 10.9 Å². The number of aromatic nitrogens is 2. The van der Waals surface area contributed by atoms with Crippen LogP contribution in [0.5, 0.6) is 0 Å². The maximum absolute atomic E-state index is 13.2. The molecule has 0 saturated heterocycles. The van der Waals surface area contributed by atoms with E-state index in [1.165, 1.54) is 12.1 Å². The number of carbonyl (C=O) groups is 2. The zero-order valence-electron chi connectivity index (χ0n) is 19.0. The van der Waals surface area contributed by atoms with Crippen molar-refractivity contribution in [1.82, 2.24) is 20.6 Å². The highest BCUT2D eigenvalue weighted by Gasteiger charge is 2.19. The van der Waals surface area contributed by atoms with Crippen LogP contribution in [0.4, 0.5) is 10.1 Å². The normalized spacial score (nSPS) is 12.8. The molecular formula is C26H25BrFN5O2. The van der Waals surface area contributed by atoms with Crippen LogP contribution >= 0.6 is 15.9 Å². The zero-order chi connectivity index (χ0) is 24.6. The molecule has 0 bridgehead atoms. The molecule has 2 amide bonds. The lowest BCUT2D eigenvalue weighted by Gasteiger charge is -2.15. The van der Waals surface area contributed by atoms with Gasteiger partial charge in [-0.3, -0.25) is 14.6 Å². The lowest BCUT2D eigenvalue weighted by Crippen LogP contribution is -2.28. The highest BCUT2D eigenvalue weighted by Crippen LogP contribution is 2.29. The van der Waals surface area contributed by atoms with Crippen molar-refractivity contribution in [1.29, 1.82) is 0 Å². The van der Waals surface area contributed by atoms with E-state index in [2.05, 4.69) is 41.8 Å². The van der Waals surface area contributed by atoms with Gasteiger partial charge < -0.3 is 16.0 Å². The SMILES string of the molecule is O=C(NCCCNc1c(C(=O)NCc2ccc(F)cc2)nc(Br)c2cccnc12)C1=CCCC=C1. The van der Waals surface area contributed by atoms with E-state index < -0.39 is 0 Å². The number of halogens is 2. The van der Waals surface area contributed by atoms with Gasteiger partial charge in [0.1, 0.15) is 10.4 Å². The number of allylic oxidation sites excluding steroid dienone is 2. The van der Waals surface area contributed by atoms with Crippen molar-refractivity contribution >= 4 is 44.3 Å². The second-order valence-electron chi connectivity index (χ2n) is 8.01. The number of rotatable bonds is 9. The third-order valence-electron chi connectivity index (χ3n) is 5.49. The Labute approximate surface area is 211 Å². The molecule has 0 fully saturated rings. The molecule has 2 aromatic heterocycles. The van der Waals surface area contributed by atoms with E-state index in [0.29, 0.717) is 40.9 Å². The van der Waals surface area contributed by atoms with Gasteiger partial charge in [0.05, 0.1) is 11.2 Å². The van der Waals surface area contributed by atoms with Crippen LogP contribution in [-0.4, -0.2) is 34.9 Å². The van der Waals surface area contributed by atoms with Gasteiger partial charge in [0, 0.05) is 36.8 Å². The standard InChI is InChI=1S/C26H25BrFN5O2/c27-24-20-8-4-13-29-21(20)22(30-14-5-15-31-25(34)18-6-2-1-3-7-18)23(33-24)26(35)32-16-17-9-11-19(28)12-10-17/h2,4,6-13,30H,1,3,5,14-16H2,(H,31,34)(H,32,35). The summed E-state index contributed by atoms with van der Waals surface area (Å²) in [5.74, 6) is -0.797. The van der Waals surface area contributed by atoms with Crippen LogP contribution in [0.1, 0.15) is 35.3 Å². The Morgan fingerprint density at radius 2 is 1.86 bits per heavy atom. The molecule has 1 aromatic carbocycles. The molecule has 0 saturated carbocycles. The first-order valence-electron chi connectivity index (χ1n) is 11.4. The van der Waals surface area contributed by atoms with Gasteiger partial charge in [-0.05, 0) is 65.0 Å². The molecule has 1 aliphatic carbocycles. The fraction of sp³-hybridized carbons (Fsp3) is 0.231. The van der Waals surface area contributed by atoms with E-state index in [1.807, 2.05) is 24.3 Å². The Balaban J connectivity index is 1.43. The molecule has 35 heavy (non-hydrogen) atoms. The smallest absolute Gasteiger partial charge is 0.272 e. The minimum atomic E-state index is -0.380. The number of anilines is 1. The Morgan fingerprint density at radius 1 is 1.03 bits per heavy atom. The number of pyridine rings is 2. The number of carbonyl (C=O) groups excluding carboxylic acids is 2. The molecule has 4 rings (SSSR count). The van der Waals surface area contributed by atoms with Gasteiger partial charge in [0.15, 0.2) is 5.69 Å². The molecule has 2 heterocycles. The molecule has 9 heteroatoms. The third kappa shape index (κ3) is 6.30. The molecule has 3 aromatic rings. The van der Waals surface area contributed by atoms with Gasteiger partial charge in [0.2, 0.25) is 0 Å². The van der Waals surface area contributed by atoms with E-state index in [1.54, 1.807) is 24.4 Å². The predicted molar refractivity (Wildman–Crippen MR) is 137 cm³/mol. The molecule has 180 valence electrons. The topological polar surface area (TPSA) is 96.0 Å². The summed E-state index contributed by atoms with van der Waals surface area (Å²) >= 11 is 3.44. The monoisotopic (exact) mass is 537 g/mol. The quantitative estimate of drug-likeness (QED) is 0.272. The Bertz CT molecular complexity index is 1290. The first-order valence-corrected chi connectivity index (χ1v) is 12.2. The minimum absolute atomic E-state index is 0.0840. The van der Waals surface area contributed by atoms with Gasteiger partial charge in [-0.1, -0.05) is 30.4 Å². The van der Waals surface area contributed by atoms with E-state index >= 15 is 0 Å². The van der Waals surface area contributed by atoms with Gasteiger partial charge in [-0.15, -0.1) is 0 Å². The van der Waals surface area contributed by atoms with Crippen molar-refractivity contribution in [2.45, 2.75) is 25.8 Å². The van der Waals surface area contributed by atoms with E-state index in [0.717, 1.165) is 23.8 Å². The summed E-state index contributed by atoms with van der Waals surface area (Å²) < 4.78 is 13.7. The van der Waals surface area contributed by atoms with Gasteiger partial charge in [-0.25, -0.2) is 9.37 Å². The van der Waals surface area contributed by atoms with E-state index in [4.69, 9.17) is 0 Å². The number of amides is 2. The van der Waals surface area contributed by atoms with E-state index in [9.17, 15) is 14.0 Å². The van der Waals surface area contributed by atoms with Crippen molar-refractivity contribution in [3.8, 4) is 0 Å². The van der Waals surface area contributed by atoms with Crippen LogP contribution < -0.4 is 16.0 Å². The molecule has 0 radical (unpaired) electrons. The summed E-state index contributed by atoms with van der Waals surface area (Å²) in [5, 5.41) is 9.82. The van der Waals surface area contributed by atoms with Crippen LogP contribution in [0, 0.1) is 5.82 Å². The summed E-state index contributed by atoms with van der Waals surface area (Å²) in [7, 11) is 0. The average Bonchev–Trinajstić information content (AvgIpc) is 2.89. The lowest BCUT2D eigenvalue weighted by atomic mass is 10.1. The molecule has 0 unspecified atom stereocenters. The first-order chi connectivity index (χ1) is 17.0. The Hall–Kier alpha value is -3.59. The first kappa shape index (κ1) is 24.5. The third-order valence-corrected chi connectivity index (χ3v) is 6.10. The van der Waals surface area contributed by atoms with Crippen molar-refractivity contribution in [2.75, 3.05) is 18.4 Å². The zero-order valence-corrected chi connectivity index (χ0v) is 20.6. The molecule has 3 N–H and O–H groups in total. The highest BCUT2D eigenvalue weighted by atomic mass is 79.9. The summed E-state index contributed by atoms with van der Waals surface area (Å²) in [6.07, 6.45) is 9.93. The molecule has 7 nitrogen and oxygen atoms in total. The molecule has 0 atom stereocenters. The summed E-state index contributed by atoms with van der Waals surface area (Å²) in [4.78, 5) is 34.2. The number of nitrogens with one attached hydrogen (secondary N) is 3. The Kier molecular flexibility index (Phi) is 8.20. The average molecular weight is 538 g/mol. The maximum atomic E-state index is 13.2. The summed E-state index contributed by atoms with van der Waals surface area (Å²) in [6, 6.07) is 9.61. The van der Waals surface area contributed by atoms with Crippen molar-refractivity contribution in [2.24, 2.45) is 0 Å². The second-order valence-corrected chi connectivity index (χ2v) is 8.76. The number of hydrogen-bond acceptors (Lipinski definition) is 5. The number of nitrogens with zero attached hydrogens (tertiary/aromatic N) is 2. The van der Waals surface area contributed by atoms with Crippen molar-refractivity contribution in [3.05, 3.63) is 88.1 Å². The molecule has 0 aliphatic heterocycles. The van der Waals surface area contributed by atoms with Crippen LogP contribution in [-0.2, 0) is 11.3 Å². The number of benzene rings is 1.